The zero-order valence-electron chi connectivity index (χ0n) is 10.5. The van der Waals surface area contributed by atoms with Crippen LogP contribution in [0.25, 0.3) is 0 Å². The molecule has 102 valence electrons. The molecule has 0 aliphatic carbocycles. The van der Waals surface area contributed by atoms with Crippen LogP contribution in [0, 0.1) is 6.92 Å². The summed E-state index contributed by atoms with van der Waals surface area (Å²) in [5, 5.41) is 12.8. The molecule has 1 aromatic rings. The number of unbranched alkanes of at least 4 members (excludes halogenated alkanes) is 1. The van der Waals surface area contributed by atoms with Crippen molar-refractivity contribution in [3.63, 3.8) is 0 Å². The number of benzene rings is 1. The molecule has 0 spiro atoms. The highest BCUT2D eigenvalue weighted by Gasteiger charge is 2.07. The number of hydrogen-bond donors (Lipinski definition) is 2. The van der Waals surface area contributed by atoms with Crippen LogP contribution in [0.15, 0.2) is 12.1 Å². The van der Waals surface area contributed by atoms with Gasteiger partial charge in [0, 0.05) is 6.54 Å². The maximum Gasteiger partial charge on any atom is 0.156 e. The molecular formula is C13H19Cl2NO2. The molecule has 0 aliphatic heterocycles. The topological polar surface area (TPSA) is 41.5 Å². The van der Waals surface area contributed by atoms with Crippen LogP contribution in [-0.2, 0) is 0 Å². The molecule has 1 rings (SSSR count). The summed E-state index contributed by atoms with van der Waals surface area (Å²) in [6.45, 7) is 4.21. The normalized spacial score (nSPS) is 10.7. The fourth-order valence-electron chi connectivity index (χ4n) is 1.55. The Balaban J connectivity index is 2.27. The average Bonchev–Trinajstić information content (AvgIpc) is 2.30. The molecule has 3 nitrogen and oxygen atoms in total. The second-order valence-electron chi connectivity index (χ2n) is 4.09. The first kappa shape index (κ1) is 15.6. The van der Waals surface area contributed by atoms with Gasteiger partial charge in [-0.15, -0.1) is 0 Å². The van der Waals surface area contributed by atoms with Gasteiger partial charge in [-0.05, 0) is 44.0 Å². The Labute approximate surface area is 118 Å². The van der Waals surface area contributed by atoms with Gasteiger partial charge in [-0.1, -0.05) is 23.2 Å². The highest BCUT2D eigenvalue weighted by Crippen LogP contribution is 2.34. The number of halogens is 2. The molecule has 0 saturated heterocycles. The standard InChI is InChI=1S/C13H19Cl2NO2/c1-10-8-11(14)13(12(15)9-10)18-7-3-2-4-16-5-6-17/h8-9,16-17H,2-7H2,1H3. The lowest BCUT2D eigenvalue weighted by Gasteiger charge is -2.10. The molecule has 0 aliphatic rings. The lowest BCUT2D eigenvalue weighted by molar-refractivity contribution is 0.286. The van der Waals surface area contributed by atoms with Gasteiger partial charge in [0.2, 0.25) is 0 Å². The van der Waals surface area contributed by atoms with Gasteiger partial charge >= 0.3 is 0 Å². The molecule has 1 aromatic carbocycles. The summed E-state index contributed by atoms with van der Waals surface area (Å²) < 4.78 is 5.59. The highest BCUT2D eigenvalue weighted by molar-refractivity contribution is 6.37. The Bertz CT molecular complexity index is 349. The number of aliphatic hydroxyl groups is 1. The molecule has 0 amide bonds. The first-order valence-electron chi connectivity index (χ1n) is 6.05. The van der Waals surface area contributed by atoms with Crippen molar-refractivity contribution < 1.29 is 9.84 Å². The van der Waals surface area contributed by atoms with Crippen LogP contribution in [0.4, 0.5) is 0 Å². The summed E-state index contributed by atoms with van der Waals surface area (Å²) in [6, 6.07) is 3.68. The smallest absolute Gasteiger partial charge is 0.156 e. The summed E-state index contributed by atoms with van der Waals surface area (Å²) in [5.74, 6) is 0.562. The molecule has 0 radical (unpaired) electrons. The molecule has 0 aromatic heterocycles. The summed E-state index contributed by atoms with van der Waals surface area (Å²) in [5.41, 5.74) is 1.02. The lowest BCUT2D eigenvalue weighted by Crippen LogP contribution is -2.19. The van der Waals surface area contributed by atoms with Crippen molar-refractivity contribution >= 4 is 23.2 Å². The average molecular weight is 292 g/mol. The van der Waals surface area contributed by atoms with Gasteiger partial charge in [0.15, 0.2) is 5.75 Å². The SMILES string of the molecule is Cc1cc(Cl)c(OCCCCNCCO)c(Cl)c1. The molecule has 2 N–H and O–H groups in total. The van der Waals surface area contributed by atoms with Gasteiger partial charge in [-0.3, -0.25) is 0 Å². The van der Waals surface area contributed by atoms with Gasteiger partial charge in [0.05, 0.1) is 23.3 Å². The largest absolute Gasteiger partial charge is 0.490 e. The van der Waals surface area contributed by atoms with E-state index in [-0.39, 0.29) is 6.61 Å². The third-order valence-corrected chi connectivity index (χ3v) is 2.99. The van der Waals surface area contributed by atoms with Crippen LogP contribution >= 0.6 is 23.2 Å². The minimum atomic E-state index is 0.172. The Morgan fingerprint density at radius 3 is 2.44 bits per heavy atom. The summed E-state index contributed by atoms with van der Waals surface area (Å²) in [6.07, 6.45) is 1.90. The summed E-state index contributed by atoms with van der Waals surface area (Å²) in [7, 11) is 0. The predicted octanol–water partition coefficient (Wildman–Crippen LogP) is 3.04. The van der Waals surface area contributed by atoms with Crippen molar-refractivity contribution in [2.45, 2.75) is 19.8 Å². The molecule has 0 heterocycles. The minimum Gasteiger partial charge on any atom is -0.490 e. The van der Waals surface area contributed by atoms with E-state index in [2.05, 4.69) is 5.32 Å². The van der Waals surface area contributed by atoms with Gasteiger partial charge in [0.1, 0.15) is 0 Å². The highest BCUT2D eigenvalue weighted by atomic mass is 35.5. The molecule has 0 saturated carbocycles. The fraction of sp³-hybridized carbons (Fsp3) is 0.538. The second kappa shape index (κ2) is 8.59. The van der Waals surface area contributed by atoms with E-state index in [1.54, 1.807) is 0 Å². The third kappa shape index (κ3) is 5.44. The van der Waals surface area contributed by atoms with E-state index >= 15 is 0 Å². The van der Waals surface area contributed by atoms with Gasteiger partial charge in [0.25, 0.3) is 0 Å². The van der Waals surface area contributed by atoms with E-state index in [9.17, 15) is 0 Å². The quantitative estimate of drug-likeness (QED) is 0.724. The van der Waals surface area contributed by atoms with Crippen LogP contribution in [0.2, 0.25) is 10.0 Å². The van der Waals surface area contributed by atoms with Gasteiger partial charge < -0.3 is 15.2 Å². The number of rotatable bonds is 8. The lowest BCUT2D eigenvalue weighted by atomic mass is 10.2. The molecule has 5 heteroatoms. The maximum absolute atomic E-state index is 8.58. The van der Waals surface area contributed by atoms with Crippen molar-refractivity contribution in [3.05, 3.63) is 27.7 Å². The van der Waals surface area contributed by atoms with E-state index in [0.29, 0.717) is 28.9 Å². The van der Waals surface area contributed by atoms with Gasteiger partial charge in [-0.2, -0.15) is 0 Å². The monoisotopic (exact) mass is 291 g/mol. The van der Waals surface area contributed by atoms with Crippen LogP contribution in [0.5, 0.6) is 5.75 Å². The Hall–Kier alpha value is -0.480. The van der Waals surface area contributed by atoms with Crippen molar-refractivity contribution in [2.75, 3.05) is 26.3 Å². The Kier molecular flexibility index (Phi) is 7.44. The first-order chi connectivity index (χ1) is 8.65. The third-order valence-electron chi connectivity index (χ3n) is 2.43. The Morgan fingerprint density at radius 1 is 1.17 bits per heavy atom. The van der Waals surface area contributed by atoms with E-state index in [4.69, 9.17) is 33.0 Å². The van der Waals surface area contributed by atoms with Crippen molar-refractivity contribution in [3.8, 4) is 5.75 Å². The molecule has 0 unspecified atom stereocenters. The zero-order chi connectivity index (χ0) is 13.4. The number of aryl methyl sites for hydroxylation is 1. The predicted molar refractivity (Wildman–Crippen MR) is 75.9 cm³/mol. The van der Waals surface area contributed by atoms with Crippen LogP contribution in [0.3, 0.4) is 0 Å². The van der Waals surface area contributed by atoms with Crippen LogP contribution in [0.1, 0.15) is 18.4 Å². The number of nitrogens with one attached hydrogen (secondary N) is 1. The van der Waals surface area contributed by atoms with Crippen LogP contribution < -0.4 is 10.1 Å². The number of aliphatic hydroxyl groups excluding tert-OH is 1. The van der Waals surface area contributed by atoms with E-state index in [0.717, 1.165) is 24.9 Å². The Morgan fingerprint density at radius 2 is 1.83 bits per heavy atom. The van der Waals surface area contributed by atoms with E-state index in [1.165, 1.54) is 0 Å². The van der Waals surface area contributed by atoms with Gasteiger partial charge in [-0.25, -0.2) is 0 Å². The minimum absolute atomic E-state index is 0.172. The molecule has 18 heavy (non-hydrogen) atoms. The summed E-state index contributed by atoms with van der Waals surface area (Å²) >= 11 is 12.1. The van der Waals surface area contributed by atoms with E-state index in [1.807, 2.05) is 19.1 Å². The van der Waals surface area contributed by atoms with Crippen molar-refractivity contribution in [2.24, 2.45) is 0 Å². The number of ether oxygens (including phenoxy) is 1. The first-order valence-corrected chi connectivity index (χ1v) is 6.80. The maximum atomic E-state index is 8.58. The molecule has 0 bridgehead atoms. The second-order valence-corrected chi connectivity index (χ2v) is 4.90. The summed E-state index contributed by atoms with van der Waals surface area (Å²) in [4.78, 5) is 0. The fourth-order valence-corrected chi connectivity index (χ4v) is 2.26. The number of hydrogen-bond acceptors (Lipinski definition) is 3. The molecule has 0 atom stereocenters. The molecular weight excluding hydrogens is 273 g/mol. The molecule has 0 fully saturated rings. The van der Waals surface area contributed by atoms with E-state index < -0.39 is 0 Å². The van der Waals surface area contributed by atoms with Crippen LogP contribution in [-0.4, -0.2) is 31.4 Å². The van der Waals surface area contributed by atoms with Crippen molar-refractivity contribution in [1.82, 2.24) is 5.32 Å². The van der Waals surface area contributed by atoms with Crippen molar-refractivity contribution in [1.29, 1.82) is 0 Å². The zero-order valence-corrected chi connectivity index (χ0v) is 12.0.